The average molecular weight is 474 g/mol. The van der Waals surface area contributed by atoms with Gasteiger partial charge in [0.2, 0.25) is 0 Å². The second kappa shape index (κ2) is 11.1. The summed E-state index contributed by atoms with van der Waals surface area (Å²) >= 11 is 0. The van der Waals surface area contributed by atoms with Crippen LogP contribution in [0.3, 0.4) is 0 Å². The number of carboxylic acids is 1. The van der Waals surface area contributed by atoms with Crippen molar-refractivity contribution in [2.75, 3.05) is 0 Å². The van der Waals surface area contributed by atoms with Gasteiger partial charge in [-0.1, -0.05) is 19.9 Å². The molecule has 8 heteroatoms. The zero-order valence-electron chi connectivity index (χ0n) is 20.4. The third kappa shape index (κ3) is 6.01. The molecule has 1 saturated carbocycles. The summed E-state index contributed by atoms with van der Waals surface area (Å²) in [5.74, 6) is 0.295. The molecule has 2 N–H and O–H groups in total. The molecule has 0 bridgehead atoms. The van der Waals surface area contributed by atoms with E-state index >= 15 is 0 Å². The van der Waals surface area contributed by atoms with E-state index in [1.807, 2.05) is 38.1 Å². The number of aliphatic carboxylic acids is 1. The van der Waals surface area contributed by atoms with Crippen LogP contribution in [-0.4, -0.2) is 42.1 Å². The monoisotopic (exact) mass is 473 g/mol. The van der Waals surface area contributed by atoms with Crippen LogP contribution in [0.4, 0.5) is 0 Å². The van der Waals surface area contributed by atoms with Crippen LogP contribution in [0, 0.1) is 12.8 Å². The van der Waals surface area contributed by atoms with Crippen molar-refractivity contribution in [2.45, 2.75) is 59.0 Å². The van der Waals surface area contributed by atoms with Crippen molar-refractivity contribution in [3.8, 4) is 28.7 Å². The van der Waals surface area contributed by atoms with E-state index in [0.29, 0.717) is 6.01 Å². The van der Waals surface area contributed by atoms with E-state index in [2.05, 4.69) is 37.9 Å². The number of carbonyl (C=O) groups is 1. The molecule has 1 aromatic carbocycles. The van der Waals surface area contributed by atoms with Crippen LogP contribution in [0.5, 0.6) is 6.01 Å². The summed E-state index contributed by atoms with van der Waals surface area (Å²) in [7, 11) is 0. The number of aryl methyl sites for hydroxylation is 1. The van der Waals surface area contributed by atoms with Gasteiger partial charge in [-0.05, 0) is 68.4 Å². The fourth-order valence-corrected chi connectivity index (χ4v) is 4.32. The number of aromatic amines is 1. The first kappa shape index (κ1) is 24.3. The minimum absolute atomic E-state index is 0.0332. The van der Waals surface area contributed by atoms with Crippen LogP contribution >= 0.6 is 0 Å². The molecule has 8 nitrogen and oxygen atoms in total. The molecule has 35 heavy (non-hydrogen) atoms. The Balaban J connectivity index is 0.00000141. The van der Waals surface area contributed by atoms with Crippen molar-refractivity contribution >= 4 is 17.0 Å². The van der Waals surface area contributed by atoms with E-state index in [0.717, 1.165) is 59.4 Å². The molecule has 0 radical (unpaired) electrons. The van der Waals surface area contributed by atoms with Gasteiger partial charge >= 0.3 is 12.0 Å². The minimum Gasteiger partial charge on any atom is -0.481 e. The van der Waals surface area contributed by atoms with Gasteiger partial charge in [-0.25, -0.2) is 15.0 Å². The number of aromatic nitrogens is 5. The molecular weight excluding hydrogens is 442 g/mol. The number of imidazole rings is 1. The number of nitrogens with zero attached hydrogens (tertiary/aromatic N) is 4. The number of fused-ring (bicyclic) bond motifs is 1. The normalized spacial score (nSPS) is 17.5. The predicted molar refractivity (Wildman–Crippen MR) is 135 cm³/mol. The Labute approximate surface area is 204 Å². The molecule has 0 saturated heterocycles. The number of hydrogen-bond acceptors (Lipinski definition) is 6. The Morgan fingerprint density at radius 1 is 1.00 bits per heavy atom. The van der Waals surface area contributed by atoms with Gasteiger partial charge in [-0.2, -0.15) is 0 Å². The maximum atomic E-state index is 10.9. The van der Waals surface area contributed by atoms with Gasteiger partial charge in [0.05, 0.1) is 16.7 Å². The average Bonchev–Trinajstić information content (AvgIpc) is 3.30. The highest BCUT2D eigenvalue weighted by molar-refractivity contribution is 5.80. The maximum absolute atomic E-state index is 10.9. The van der Waals surface area contributed by atoms with Crippen molar-refractivity contribution < 1.29 is 14.6 Å². The molecule has 5 rings (SSSR count). The molecule has 0 unspecified atom stereocenters. The van der Waals surface area contributed by atoms with Crippen molar-refractivity contribution in [3.05, 3.63) is 54.5 Å². The lowest BCUT2D eigenvalue weighted by Gasteiger charge is -2.27. The first-order chi connectivity index (χ1) is 17.0. The van der Waals surface area contributed by atoms with Crippen LogP contribution in [0.25, 0.3) is 33.7 Å². The van der Waals surface area contributed by atoms with Crippen molar-refractivity contribution in [1.29, 1.82) is 0 Å². The first-order valence-electron chi connectivity index (χ1n) is 12.2. The van der Waals surface area contributed by atoms with Gasteiger partial charge in [0, 0.05) is 36.1 Å². The zero-order chi connectivity index (χ0) is 24.8. The number of ether oxygens (including phenoxy) is 1. The number of nitrogens with one attached hydrogen (secondary N) is 1. The topological polar surface area (TPSA) is 114 Å². The predicted octanol–water partition coefficient (Wildman–Crippen LogP) is 5.83. The van der Waals surface area contributed by atoms with Crippen molar-refractivity contribution in [3.63, 3.8) is 0 Å². The van der Waals surface area contributed by atoms with Gasteiger partial charge in [0.15, 0.2) is 0 Å². The zero-order valence-corrected chi connectivity index (χ0v) is 20.4. The summed E-state index contributed by atoms with van der Waals surface area (Å²) < 4.78 is 5.91. The van der Waals surface area contributed by atoms with Crippen LogP contribution in [0.15, 0.2) is 48.9 Å². The van der Waals surface area contributed by atoms with Crippen LogP contribution in [-0.2, 0) is 4.79 Å². The fraction of sp³-hybridized carbons (Fsp3) is 0.370. The highest BCUT2D eigenvalue weighted by atomic mass is 16.5. The van der Waals surface area contributed by atoms with Crippen LogP contribution < -0.4 is 4.74 Å². The van der Waals surface area contributed by atoms with Crippen LogP contribution in [0.1, 0.15) is 51.5 Å². The lowest BCUT2D eigenvalue weighted by atomic mass is 9.85. The van der Waals surface area contributed by atoms with E-state index in [1.54, 1.807) is 18.6 Å². The third-order valence-corrected chi connectivity index (χ3v) is 6.13. The maximum Gasteiger partial charge on any atom is 0.316 e. The molecule has 0 spiro atoms. The smallest absolute Gasteiger partial charge is 0.316 e. The number of H-pyrrole nitrogens is 1. The fourth-order valence-electron chi connectivity index (χ4n) is 4.32. The highest BCUT2D eigenvalue weighted by Crippen LogP contribution is 2.29. The molecule has 0 aliphatic heterocycles. The Bertz CT molecular complexity index is 1260. The second-order valence-corrected chi connectivity index (χ2v) is 8.65. The summed E-state index contributed by atoms with van der Waals surface area (Å²) in [5, 5.41) is 8.94. The molecule has 182 valence electrons. The van der Waals surface area contributed by atoms with Gasteiger partial charge in [-0.3, -0.25) is 9.78 Å². The van der Waals surface area contributed by atoms with Gasteiger partial charge in [-0.15, -0.1) is 0 Å². The third-order valence-electron chi connectivity index (χ3n) is 6.13. The number of pyridine rings is 1. The Hall–Kier alpha value is -3.81. The Morgan fingerprint density at radius 2 is 1.71 bits per heavy atom. The molecule has 1 aliphatic carbocycles. The SMILES string of the molecule is CC.Cc1ccc2nc(-c3ccc(-c4cnc(OC5CCC(CC(=O)O)CC5)nc4)nc3)[nH]c2c1. The van der Waals surface area contributed by atoms with E-state index in [4.69, 9.17) is 9.84 Å². The Morgan fingerprint density at radius 3 is 2.37 bits per heavy atom. The molecular formula is C27H31N5O3. The minimum atomic E-state index is -0.729. The van der Waals surface area contributed by atoms with Crippen molar-refractivity contribution in [2.24, 2.45) is 5.92 Å². The van der Waals surface area contributed by atoms with Gasteiger partial charge in [0.25, 0.3) is 0 Å². The summed E-state index contributed by atoms with van der Waals surface area (Å²) in [6.07, 6.45) is 8.85. The summed E-state index contributed by atoms with van der Waals surface area (Å²) in [5.41, 5.74) is 5.61. The van der Waals surface area contributed by atoms with Crippen LogP contribution in [0.2, 0.25) is 0 Å². The molecule has 3 heterocycles. The van der Waals surface area contributed by atoms with E-state index in [9.17, 15) is 4.79 Å². The van der Waals surface area contributed by atoms with Gasteiger partial charge in [0.1, 0.15) is 11.9 Å². The standard InChI is InChI=1S/C25H25N5O3.C2H6/c1-15-2-8-21-22(10-15)30-24(29-21)17-5-9-20(26-12-17)18-13-27-25(28-14-18)33-19-6-3-16(4-7-19)11-23(31)32;1-2/h2,5,8-10,12-14,16,19H,3-4,6-7,11H2,1H3,(H,29,30)(H,31,32);1-2H3. The number of rotatable bonds is 6. The quantitative estimate of drug-likeness (QED) is 0.362. The molecule has 0 amide bonds. The molecule has 4 aromatic rings. The second-order valence-electron chi connectivity index (χ2n) is 8.65. The van der Waals surface area contributed by atoms with E-state index in [1.165, 1.54) is 5.56 Å². The van der Waals surface area contributed by atoms with E-state index in [-0.39, 0.29) is 18.4 Å². The highest BCUT2D eigenvalue weighted by Gasteiger charge is 2.24. The first-order valence-corrected chi connectivity index (χ1v) is 12.2. The molecule has 0 atom stereocenters. The number of hydrogen-bond donors (Lipinski definition) is 2. The Kier molecular flexibility index (Phi) is 7.70. The summed E-state index contributed by atoms with van der Waals surface area (Å²) in [6, 6.07) is 10.4. The van der Waals surface area contributed by atoms with Gasteiger partial charge < -0.3 is 14.8 Å². The van der Waals surface area contributed by atoms with Crippen molar-refractivity contribution in [1.82, 2.24) is 24.9 Å². The summed E-state index contributed by atoms with van der Waals surface area (Å²) in [4.78, 5) is 32.1. The molecule has 3 aromatic heterocycles. The largest absolute Gasteiger partial charge is 0.481 e. The number of carboxylic acid groups (broad SMARTS) is 1. The summed E-state index contributed by atoms with van der Waals surface area (Å²) in [6.45, 7) is 6.06. The lowest BCUT2D eigenvalue weighted by molar-refractivity contribution is -0.138. The van der Waals surface area contributed by atoms with E-state index < -0.39 is 5.97 Å². The molecule has 1 fully saturated rings. The lowest BCUT2D eigenvalue weighted by Crippen LogP contribution is -2.25. The number of benzene rings is 1. The molecule has 1 aliphatic rings.